The van der Waals surface area contributed by atoms with E-state index in [1.807, 2.05) is 13.8 Å². The number of aromatic nitrogens is 3. The highest BCUT2D eigenvalue weighted by Gasteiger charge is 2.39. The Hall–Kier alpha value is -1.48. The molecule has 22 heavy (non-hydrogen) atoms. The number of hydrogen-bond acceptors (Lipinski definition) is 5. The molecule has 1 aromatic rings. The van der Waals surface area contributed by atoms with Crippen LogP contribution >= 0.6 is 0 Å². The molecule has 1 fully saturated rings. The van der Waals surface area contributed by atoms with Gasteiger partial charge in [0.2, 0.25) is 15.9 Å². The zero-order valence-electron chi connectivity index (χ0n) is 13.1. The molecule has 1 saturated heterocycles. The van der Waals surface area contributed by atoms with E-state index in [1.54, 1.807) is 17.2 Å². The second kappa shape index (κ2) is 6.74. The van der Waals surface area contributed by atoms with Gasteiger partial charge in [0.15, 0.2) is 0 Å². The molecule has 2 heterocycles. The van der Waals surface area contributed by atoms with E-state index in [2.05, 4.69) is 15.5 Å². The molecule has 2 rings (SSSR count). The van der Waals surface area contributed by atoms with Crippen LogP contribution in [0.2, 0.25) is 0 Å². The maximum absolute atomic E-state index is 12.1. The van der Waals surface area contributed by atoms with Gasteiger partial charge in [-0.3, -0.25) is 4.79 Å². The predicted octanol–water partition coefficient (Wildman–Crippen LogP) is -0.300. The van der Waals surface area contributed by atoms with Crippen LogP contribution < -0.4 is 5.32 Å². The molecule has 8 nitrogen and oxygen atoms in total. The molecule has 0 aromatic carbocycles. The van der Waals surface area contributed by atoms with E-state index >= 15 is 0 Å². The average molecular weight is 329 g/mol. The van der Waals surface area contributed by atoms with E-state index in [-0.39, 0.29) is 17.9 Å². The van der Waals surface area contributed by atoms with Crippen molar-refractivity contribution in [2.24, 2.45) is 11.8 Å². The zero-order chi connectivity index (χ0) is 16.3. The van der Waals surface area contributed by atoms with Crippen molar-refractivity contribution in [3.8, 4) is 0 Å². The van der Waals surface area contributed by atoms with Gasteiger partial charge in [0.25, 0.3) is 0 Å². The first kappa shape index (κ1) is 16.9. The van der Waals surface area contributed by atoms with Crippen LogP contribution in [0.4, 0.5) is 0 Å². The quantitative estimate of drug-likeness (QED) is 0.773. The smallest absolute Gasteiger partial charge is 0.222 e. The highest BCUT2D eigenvalue weighted by molar-refractivity contribution is 7.88. The lowest BCUT2D eigenvalue weighted by molar-refractivity contribution is -0.122. The fourth-order valence-electron chi connectivity index (χ4n) is 2.74. The van der Waals surface area contributed by atoms with E-state index in [0.29, 0.717) is 32.0 Å². The fourth-order valence-corrected chi connectivity index (χ4v) is 3.61. The highest BCUT2D eigenvalue weighted by Crippen LogP contribution is 2.26. The maximum atomic E-state index is 12.1. The van der Waals surface area contributed by atoms with Gasteiger partial charge in [0, 0.05) is 32.1 Å². The Labute approximate surface area is 130 Å². The van der Waals surface area contributed by atoms with E-state index in [4.69, 9.17) is 0 Å². The predicted molar refractivity (Wildman–Crippen MR) is 81.3 cm³/mol. The molecule has 0 bridgehead atoms. The second-order valence-corrected chi connectivity index (χ2v) is 8.09. The summed E-state index contributed by atoms with van der Waals surface area (Å²) >= 11 is 0. The summed E-state index contributed by atoms with van der Waals surface area (Å²) in [5.74, 6) is 0.350. The summed E-state index contributed by atoms with van der Waals surface area (Å²) in [7, 11) is -3.22. The largest absolute Gasteiger partial charge is 0.352 e. The van der Waals surface area contributed by atoms with Gasteiger partial charge in [-0.25, -0.2) is 8.42 Å². The summed E-state index contributed by atoms with van der Waals surface area (Å²) < 4.78 is 26.6. The standard InChI is InChI=1S/C13H23N5O3S/c1-10(2)11-6-18(22(3,20)21)7-12(11)16-13(19)4-5-17-8-14-15-9-17/h8-12H,4-7H2,1-3H3,(H,16,19)/t11-,12+/m1/s1. The van der Waals surface area contributed by atoms with Crippen LogP contribution in [0.1, 0.15) is 20.3 Å². The number of carbonyl (C=O) groups excluding carboxylic acids is 1. The normalized spacial score (nSPS) is 23.1. The Morgan fingerprint density at radius 1 is 1.32 bits per heavy atom. The number of sulfonamides is 1. The number of rotatable bonds is 6. The molecule has 0 saturated carbocycles. The van der Waals surface area contributed by atoms with E-state index in [0.717, 1.165) is 0 Å². The molecule has 2 atom stereocenters. The van der Waals surface area contributed by atoms with Gasteiger partial charge in [0.05, 0.1) is 6.26 Å². The Morgan fingerprint density at radius 2 is 1.95 bits per heavy atom. The Kier molecular flexibility index (Phi) is 5.17. The van der Waals surface area contributed by atoms with Crippen molar-refractivity contribution in [2.75, 3.05) is 19.3 Å². The van der Waals surface area contributed by atoms with Crippen LogP contribution in [0.25, 0.3) is 0 Å². The van der Waals surface area contributed by atoms with Crippen molar-refractivity contribution in [1.82, 2.24) is 24.4 Å². The van der Waals surface area contributed by atoms with E-state index in [1.165, 1.54) is 10.6 Å². The summed E-state index contributed by atoms with van der Waals surface area (Å²) in [5.41, 5.74) is 0. The number of nitrogens with one attached hydrogen (secondary N) is 1. The number of aryl methyl sites for hydroxylation is 1. The minimum Gasteiger partial charge on any atom is -0.352 e. The lowest BCUT2D eigenvalue weighted by Crippen LogP contribution is -2.42. The summed E-state index contributed by atoms with van der Waals surface area (Å²) in [6.07, 6.45) is 4.65. The van der Waals surface area contributed by atoms with Crippen molar-refractivity contribution in [2.45, 2.75) is 32.9 Å². The second-order valence-electron chi connectivity index (χ2n) is 6.11. The first-order chi connectivity index (χ1) is 10.3. The average Bonchev–Trinajstić information content (AvgIpc) is 3.04. The molecule has 1 amide bonds. The third-order valence-electron chi connectivity index (χ3n) is 4.07. The Morgan fingerprint density at radius 3 is 2.50 bits per heavy atom. The molecule has 0 unspecified atom stereocenters. The Balaban J connectivity index is 1.93. The van der Waals surface area contributed by atoms with Crippen LogP contribution in [0.3, 0.4) is 0 Å². The molecule has 1 aromatic heterocycles. The van der Waals surface area contributed by atoms with Crippen LogP contribution in [0, 0.1) is 11.8 Å². The molecule has 0 aliphatic carbocycles. The topological polar surface area (TPSA) is 97.2 Å². The minimum atomic E-state index is -3.22. The van der Waals surface area contributed by atoms with Crippen molar-refractivity contribution in [3.63, 3.8) is 0 Å². The van der Waals surface area contributed by atoms with Gasteiger partial charge in [-0.2, -0.15) is 4.31 Å². The fraction of sp³-hybridized carbons (Fsp3) is 0.769. The molecule has 1 aliphatic rings. The van der Waals surface area contributed by atoms with Crippen LogP contribution in [0.15, 0.2) is 12.7 Å². The molecule has 1 aliphatic heterocycles. The summed E-state index contributed by atoms with van der Waals surface area (Å²) in [6, 6.07) is -0.136. The van der Waals surface area contributed by atoms with Crippen LogP contribution in [-0.4, -0.2) is 58.8 Å². The monoisotopic (exact) mass is 329 g/mol. The molecule has 0 radical (unpaired) electrons. The first-order valence-electron chi connectivity index (χ1n) is 7.34. The van der Waals surface area contributed by atoms with Gasteiger partial charge < -0.3 is 9.88 Å². The third-order valence-corrected chi connectivity index (χ3v) is 5.30. The van der Waals surface area contributed by atoms with Crippen LogP contribution in [0.5, 0.6) is 0 Å². The molecule has 124 valence electrons. The van der Waals surface area contributed by atoms with Gasteiger partial charge >= 0.3 is 0 Å². The highest BCUT2D eigenvalue weighted by atomic mass is 32.2. The van der Waals surface area contributed by atoms with E-state index in [9.17, 15) is 13.2 Å². The number of amides is 1. The zero-order valence-corrected chi connectivity index (χ0v) is 14.0. The van der Waals surface area contributed by atoms with Gasteiger partial charge in [-0.05, 0) is 11.8 Å². The molecule has 1 N–H and O–H groups in total. The minimum absolute atomic E-state index is 0.0836. The van der Waals surface area contributed by atoms with Crippen LogP contribution in [-0.2, 0) is 21.4 Å². The van der Waals surface area contributed by atoms with Crippen molar-refractivity contribution >= 4 is 15.9 Å². The molecular formula is C13H23N5O3S. The first-order valence-corrected chi connectivity index (χ1v) is 9.19. The molecule has 9 heteroatoms. The lowest BCUT2D eigenvalue weighted by atomic mass is 9.91. The maximum Gasteiger partial charge on any atom is 0.222 e. The Bertz CT molecular complexity index is 599. The summed E-state index contributed by atoms with van der Waals surface area (Å²) in [4.78, 5) is 12.1. The van der Waals surface area contributed by atoms with Crippen molar-refractivity contribution < 1.29 is 13.2 Å². The summed E-state index contributed by atoms with van der Waals surface area (Å²) in [5, 5.41) is 10.3. The summed E-state index contributed by atoms with van der Waals surface area (Å²) in [6.45, 7) is 5.42. The van der Waals surface area contributed by atoms with Gasteiger partial charge in [0.1, 0.15) is 12.7 Å². The number of hydrogen-bond donors (Lipinski definition) is 1. The third kappa shape index (κ3) is 4.26. The van der Waals surface area contributed by atoms with Crippen molar-refractivity contribution in [3.05, 3.63) is 12.7 Å². The number of nitrogens with zero attached hydrogens (tertiary/aromatic N) is 4. The van der Waals surface area contributed by atoms with Gasteiger partial charge in [-0.1, -0.05) is 13.8 Å². The molecular weight excluding hydrogens is 306 g/mol. The van der Waals surface area contributed by atoms with Gasteiger partial charge in [-0.15, -0.1) is 10.2 Å². The van der Waals surface area contributed by atoms with E-state index < -0.39 is 10.0 Å². The van der Waals surface area contributed by atoms with Crippen molar-refractivity contribution in [1.29, 1.82) is 0 Å². The molecule has 0 spiro atoms. The number of carbonyl (C=O) groups is 1. The lowest BCUT2D eigenvalue weighted by Gasteiger charge is -2.22. The SMILES string of the molecule is CC(C)[C@H]1CN(S(C)(=O)=O)C[C@@H]1NC(=O)CCn1cnnc1.